The second-order valence-electron chi connectivity index (χ2n) is 5.75. The van der Waals surface area contributed by atoms with Crippen molar-refractivity contribution in [2.45, 2.75) is 12.3 Å². The Kier molecular flexibility index (Phi) is 6.92. The average molecular weight is 453 g/mol. The zero-order chi connectivity index (χ0) is 16.9. The Balaban J connectivity index is 0.00000225. The Morgan fingerprint density at radius 2 is 1.88 bits per heavy atom. The molecule has 0 amide bonds. The first kappa shape index (κ1) is 19.4. The smallest absolute Gasteiger partial charge is 0.195 e. The minimum Gasteiger partial charge on any atom is -0.493 e. The van der Waals surface area contributed by atoms with Gasteiger partial charge in [-0.3, -0.25) is 4.99 Å². The van der Waals surface area contributed by atoms with Crippen molar-refractivity contribution in [3.63, 3.8) is 0 Å². The van der Waals surface area contributed by atoms with E-state index in [9.17, 15) is 0 Å². The number of methoxy groups -OCH3 is 2. The number of guanidine groups is 1. The van der Waals surface area contributed by atoms with Crippen LogP contribution >= 0.6 is 24.0 Å². The lowest BCUT2D eigenvalue weighted by Gasteiger charge is -2.30. The highest BCUT2D eigenvalue weighted by Crippen LogP contribution is 2.34. The molecule has 0 spiro atoms. The number of fused-ring (bicyclic) bond motifs is 1. The predicted molar refractivity (Wildman–Crippen MR) is 113 cm³/mol. The number of hydrogen-bond acceptors (Lipinski definition) is 3. The van der Waals surface area contributed by atoms with E-state index in [4.69, 9.17) is 9.47 Å². The van der Waals surface area contributed by atoms with Crippen LogP contribution in [0.1, 0.15) is 17.0 Å². The zero-order valence-corrected chi connectivity index (χ0v) is 17.0. The standard InChI is InChI=1S/C19H23N3O2.HI/c1-20-19(21-12-14-10-13-6-4-5-7-16(13)14)22-15-8-9-17(23-2)18(11-15)24-3;/h4-9,11,14H,10,12H2,1-3H3,(H2,20,21,22);1H. The van der Waals surface area contributed by atoms with E-state index in [1.54, 1.807) is 21.3 Å². The number of nitrogens with zero attached hydrogens (tertiary/aromatic N) is 1. The van der Waals surface area contributed by atoms with Crippen molar-refractivity contribution in [1.29, 1.82) is 0 Å². The first-order valence-electron chi connectivity index (χ1n) is 8.02. The van der Waals surface area contributed by atoms with Crippen molar-refractivity contribution in [2.75, 3.05) is 33.1 Å². The molecule has 1 unspecified atom stereocenters. The van der Waals surface area contributed by atoms with Gasteiger partial charge in [-0.1, -0.05) is 24.3 Å². The average Bonchev–Trinajstić information content (AvgIpc) is 2.61. The van der Waals surface area contributed by atoms with Crippen molar-refractivity contribution in [2.24, 2.45) is 4.99 Å². The molecule has 0 aliphatic heterocycles. The predicted octanol–water partition coefficient (Wildman–Crippen LogP) is 3.65. The molecule has 0 fully saturated rings. The summed E-state index contributed by atoms with van der Waals surface area (Å²) in [4.78, 5) is 4.29. The lowest BCUT2D eigenvalue weighted by Crippen LogP contribution is -2.37. The Bertz CT molecular complexity index is 749. The third kappa shape index (κ3) is 4.36. The van der Waals surface area contributed by atoms with Gasteiger partial charge in [-0.05, 0) is 29.7 Å². The van der Waals surface area contributed by atoms with Gasteiger partial charge < -0.3 is 20.1 Å². The number of aliphatic imine (C=N–C) groups is 1. The van der Waals surface area contributed by atoms with E-state index in [1.807, 2.05) is 18.2 Å². The number of ether oxygens (including phenoxy) is 2. The summed E-state index contributed by atoms with van der Waals surface area (Å²) >= 11 is 0. The zero-order valence-electron chi connectivity index (χ0n) is 14.7. The molecule has 3 rings (SSSR count). The number of rotatable bonds is 5. The summed E-state index contributed by atoms with van der Waals surface area (Å²) in [5.41, 5.74) is 3.79. The lowest BCUT2D eigenvalue weighted by atomic mass is 9.78. The number of benzene rings is 2. The lowest BCUT2D eigenvalue weighted by molar-refractivity contribution is 0.355. The van der Waals surface area contributed by atoms with Gasteiger partial charge in [-0.2, -0.15) is 0 Å². The number of anilines is 1. The molecule has 0 radical (unpaired) electrons. The molecule has 25 heavy (non-hydrogen) atoms. The summed E-state index contributed by atoms with van der Waals surface area (Å²) in [7, 11) is 5.02. The molecule has 0 bridgehead atoms. The number of hydrogen-bond donors (Lipinski definition) is 2. The Morgan fingerprint density at radius 1 is 1.12 bits per heavy atom. The largest absolute Gasteiger partial charge is 0.493 e. The van der Waals surface area contributed by atoms with Crippen LogP contribution in [0.3, 0.4) is 0 Å². The van der Waals surface area contributed by atoms with Gasteiger partial charge >= 0.3 is 0 Å². The molecule has 134 valence electrons. The first-order chi connectivity index (χ1) is 11.7. The van der Waals surface area contributed by atoms with Gasteiger partial charge in [0.1, 0.15) is 0 Å². The van der Waals surface area contributed by atoms with Crippen LogP contribution in [0.15, 0.2) is 47.5 Å². The molecular formula is C19H24IN3O2. The second-order valence-corrected chi connectivity index (χ2v) is 5.75. The molecule has 0 saturated heterocycles. The molecule has 5 nitrogen and oxygen atoms in total. The maximum absolute atomic E-state index is 5.33. The second kappa shape index (κ2) is 8.94. The summed E-state index contributed by atoms with van der Waals surface area (Å²) < 4.78 is 10.6. The molecular weight excluding hydrogens is 429 g/mol. The highest BCUT2D eigenvalue weighted by Gasteiger charge is 2.25. The van der Waals surface area contributed by atoms with Gasteiger partial charge in [0, 0.05) is 31.3 Å². The van der Waals surface area contributed by atoms with Gasteiger partial charge in [-0.15, -0.1) is 24.0 Å². The third-order valence-corrected chi connectivity index (χ3v) is 4.35. The molecule has 0 heterocycles. The Labute approximate surface area is 165 Å². The van der Waals surface area contributed by atoms with Gasteiger partial charge in [0.05, 0.1) is 14.2 Å². The molecule has 2 aromatic rings. The molecule has 1 atom stereocenters. The molecule has 1 aliphatic carbocycles. The van der Waals surface area contributed by atoms with Crippen molar-refractivity contribution >= 4 is 35.6 Å². The monoisotopic (exact) mass is 453 g/mol. The van der Waals surface area contributed by atoms with E-state index < -0.39 is 0 Å². The summed E-state index contributed by atoms with van der Waals surface area (Å²) in [6, 6.07) is 14.3. The number of nitrogens with one attached hydrogen (secondary N) is 2. The van der Waals surface area contributed by atoms with E-state index >= 15 is 0 Å². The van der Waals surface area contributed by atoms with E-state index in [0.29, 0.717) is 17.4 Å². The maximum Gasteiger partial charge on any atom is 0.195 e. The van der Waals surface area contributed by atoms with Crippen LogP contribution in [0, 0.1) is 0 Å². The molecule has 0 aromatic heterocycles. The van der Waals surface area contributed by atoms with Gasteiger partial charge in [0.2, 0.25) is 0 Å². The molecule has 2 aromatic carbocycles. The normalized spacial score (nSPS) is 15.3. The Morgan fingerprint density at radius 3 is 2.56 bits per heavy atom. The van der Waals surface area contributed by atoms with Crippen molar-refractivity contribution < 1.29 is 9.47 Å². The fourth-order valence-corrected chi connectivity index (χ4v) is 2.99. The van der Waals surface area contributed by atoms with E-state index in [2.05, 4.69) is 39.9 Å². The van der Waals surface area contributed by atoms with E-state index in [-0.39, 0.29) is 24.0 Å². The summed E-state index contributed by atoms with van der Waals surface area (Å²) in [6.45, 7) is 0.865. The van der Waals surface area contributed by atoms with Crippen molar-refractivity contribution in [3.8, 4) is 11.5 Å². The van der Waals surface area contributed by atoms with Crippen LogP contribution < -0.4 is 20.1 Å². The Hall–Kier alpha value is -1.96. The summed E-state index contributed by atoms with van der Waals surface area (Å²) in [5.74, 6) is 2.68. The topological polar surface area (TPSA) is 54.9 Å². The van der Waals surface area contributed by atoms with Gasteiger partial charge in [0.15, 0.2) is 17.5 Å². The van der Waals surface area contributed by atoms with Crippen LogP contribution in [-0.4, -0.2) is 33.8 Å². The van der Waals surface area contributed by atoms with Gasteiger partial charge in [-0.25, -0.2) is 0 Å². The van der Waals surface area contributed by atoms with Crippen LogP contribution in [0.2, 0.25) is 0 Å². The molecule has 2 N–H and O–H groups in total. The summed E-state index contributed by atoms with van der Waals surface area (Å²) in [5, 5.41) is 6.68. The maximum atomic E-state index is 5.33. The quantitative estimate of drug-likeness (QED) is 0.413. The van der Waals surface area contributed by atoms with Crippen LogP contribution in [0.4, 0.5) is 5.69 Å². The third-order valence-electron chi connectivity index (χ3n) is 4.35. The SMILES string of the molecule is CN=C(NCC1Cc2ccccc21)Nc1ccc(OC)c(OC)c1.I. The van der Waals surface area contributed by atoms with Crippen LogP contribution in [0.25, 0.3) is 0 Å². The van der Waals surface area contributed by atoms with Crippen LogP contribution in [0.5, 0.6) is 11.5 Å². The fourth-order valence-electron chi connectivity index (χ4n) is 2.99. The summed E-state index contributed by atoms with van der Waals surface area (Å²) in [6.07, 6.45) is 1.12. The van der Waals surface area contributed by atoms with E-state index in [0.717, 1.165) is 24.6 Å². The first-order valence-corrected chi connectivity index (χ1v) is 8.02. The minimum absolute atomic E-state index is 0. The van der Waals surface area contributed by atoms with Crippen LogP contribution in [-0.2, 0) is 6.42 Å². The number of halogens is 1. The molecule has 0 saturated carbocycles. The molecule has 6 heteroatoms. The van der Waals surface area contributed by atoms with E-state index in [1.165, 1.54) is 11.1 Å². The molecule has 1 aliphatic rings. The highest BCUT2D eigenvalue weighted by atomic mass is 127. The minimum atomic E-state index is 0. The van der Waals surface area contributed by atoms with Crippen molar-refractivity contribution in [1.82, 2.24) is 5.32 Å². The van der Waals surface area contributed by atoms with Crippen molar-refractivity contribution in [3.05, 3.63) is 53.6 Å². The van der Waals surface area contributed by atoms with Gasteiger partial charge in [0.25, 0.3) is 0 Å². The highest BCUT2D eigenvalue weighted by molar-refractivity contribution is 14.0. The fraction of sp³-hybridized carbons (Fsp3) is 0.316.